The van der Waals surface area contributed by atoms with Crippen molar-refractivity contribution in [3.63, 3.8) is 0 Å². The second kappa shape index (κ2) is 6.68. The van der Waals surface area contributed by atoms with Gasteiger partial charge in [0.1, 0.15) is 5.75 Å². The molecule has 1 aromatic heterocycles. The summed E-state index contributed by atoms with van der Waals surface area (Å²) in [4.78, 5) is 10.6. The first-order valence-corrected chi connectivity index (χ1v) is 8.71. The summed E-state index contributed by atoms with van der Waals surface area (Å²) in [7, 11) is 0. The van der Waals surface area contributed by atoms with Crippen LogP contribution in [0.5, 0.6) is 5.75 Å². The Morgan fingerprint density at radius 3 is 2.83 bits per heavy atom. The van der Waals surface area contributed by atoms with E-state index in [4.69, 9.17) is 10.5 Å². The van der Waals surface area contributed by atoms with Gasteiger partial charge in [0.25, 0.3) is 5.69 Å². The van der Waals surface area contributed by atoms with E-state index in [1.54, 1.807) is 12.1 Å². The number of thioether (sulfide) groups is 1. The fraction of sp³-hybridized carbons (Fsp3) is 0.467. The zero-order valence-electron chi connectivity index (χ0n) is 13.5. The normalized spacial score (nSPS) is 14.1. The third-order valence-electron chi connectivity index (χ3n) is 3.58. The summed E-state index contributed by atoms with van der Waals surface area (Å²) in [5.74, 6) is 1.56. The van der Waals surface area contributed by atoms with Crippen molar-refractivity contribution in [2.45, 2.75) is 49.7 Å². The number of nitrogens with two attached hydrogens (primary N) is 1. The van der Waals surface area contributed by atoms with Gasteiger partial charge < -0.3 is 10.5 Å². The smallest absolute Gasteiger partial charge is 0.270 e. The molecule has 0 saturated heterocycles. The summed E-state index contributed by atoms with van der Waals surface area (Å²) < 4.78 is 7.70. The Morgan fingerprint density at radius 2 is 2.21 bits per heavy atom. The van der Waals surface area contributed by atoms with Crippen LogP contribution in [0, 0.1) is 10.1 Å². The average molecular weight is 349 g/mol. The zero-order valence-corrected chi connectivity index (χ0v) is 14.3. The number of nitro groups is 1. The first kappa shape index (κ1) is 16.6. The third-order valence-corrected chi connectivity index (χ3v) is 4.57. The summed E-state index contributed by atoms with van der Waals surface area (Å²) in [5, 5.41) is 19.8. The molecule has 0 unspecified atom stereocenters. The Labute approximate surface area is 143 Å². The highest BCUT2D eigenvalue weighted by Crippen LogP contribution is 2.40. The Kier molecular flexibility index (Phi) is 4.61. The molecule has 2 aromatic rings. The van der Waals surface area contributed by atoms with Crippen molar-refractivity contribution >= 4 is 23.4 Å². The lowest BCUT2D eigenvalue weighted by molar-refractivity contribution is -0.384. The molecule has 1 saturated carbocycles. The first-order chi connectivity index (χ1) is 11.5. The van der Waals surface area contributed by atoms with Crippen LogP contribution >= 0.6 is 11.8 Å². The van der Waals surface area contributed by atoms with E-state index in [1.165, 1.54) is 17.8 Å². The molecule has 128 valence electrons. The van der Waals surface area contributed by atoms with Crippen LogP contribution in [0.4, 0.5) is 11.6 Å². The highest BCUT2D eigenvalue weighted by atomic mass is 32.2. The van der Waals surface area contributed by atoms with Crippen molar-refractivity contribution in [2.75, 3.05) is 5.73 Å². The number of hydrogen-bond donors (Lipinski definition) is 1. The van der Waals surface area contributed by atoms with Crippen LogP contribution in [0.25, 0.3) is 0 Å². The Balaban J connectivity index is 1.82. The summed E-state index contributed by atoms with van der Waals surface area (Å²) in [6.45, 7) is 3.84. The average Bonchev–Trinajstić information content (AvgIpc) is 3.29. The zero-order chi connectivity index (χ0) is 17.3. The SMILES string of the molecule is CC(C)Oc1ccc([N+](=O)[O-])cc1CSc1nnc(N)n1C1CC1. The van der Waals surface area contributed by atoms with Crippen molar-refractivity contribution in [1.29, 1.82) is 0 Å². The van der Waals surface area contributed by atoms with Gasteiger partial charge in [0.15, 0.2) is 5.16 Å². The maximum atomic E-state index is 11.0. The van der Waals surface area contributed by atoms with Crippen molar-refractivity contribution in [3.05, 3.63) is 33.9 Å². The molecule has 0 amide bonds. The molecule has 0 radical (unpaired) electrons. The minimum absolute atomic E-state index is 0.0130. The van der Waals surface area contributed by atoms with E-state index in [-0.39, 0.29) is 11.8 Å². The standard InChI is InChI=1S/C15H19N5O3S/c1-9(2)23-13-6-5-12(20(21)22)7-10(13)8-24-15-18-17-14(16)19(15)11-3-4-11/h5-7,9,11H,3-4,8H2,1-2H3,(H2,16,17). The monoisotopic (exact) mass is 349 g/mol. The predicted molar refractivity (Wildman–Crippen MR) is 91.1 cm³/mol. The lowest BCUT2D eigenvalue weighted by atomic mass is 10.2. The Bertz CT molecular complexity index is 758. The molecule has 24 heavy (non-hydrogen) atoms. The van der Waals surface area contributed by atoms with Crippen molar-refractivity contribution in [3.8, 4) is 5.75 Å². The number of aromatic nitrogens is 3. The summed E-state index contributed by atoms with van der Waals surface area (Å²) in [6.07, 6.45) is 2.14. The molecule has 1 aromatic carbocycles. The largest absolute Gasteiger partial charge is 0.491 e. The van der Waals surface area contributed by atoms with Crippen LogP contribution in [0.2, 0.25) is 0 Å². The quantitative estimate of drug-likeness (QED) is 0.464. The fourth-order valence-electron chi connectivity index (χ4n) is 2.37. The van der Waals surface area contributed by atoms with E-state index in [2.05, 4.69) is 10.2 Å². The van der Waals surface area contributed by atoms with Gasteiger partial charge in [-0.05, 0) is 32.8 Å². The summed E-state index contributed by atoms with van der Waals surface area (Å²) in [6, 6.07) is 5.02. The van der Waals surface area contributed by atoms with Crippen molar-refractivity contribution in [2.24, 2.45) is 0 Å². The van der Waals surface area contributed by atoms with Crippen LogP contribution in [0.1, 0.15) is 38.3 Å². The highest BCUT2D eigenvalue weighted by molar-refractivity contribution is 7.98. The van der Waals surface area contributed by atoms with Gasteiger partial charge in [-0.1, -0.05) is 11.8 Å². The van der Waals surface area contributed by atoms with Gasteiger partial charge in [0.2, 0.25) is 5.95 Å². The van der Waals surface area contributed by atoms with Gasteiger partial charge in [0, 0.05) is 29.5 Å². The second-order valence-electron chi connectivity index (χ2n) is 5.95. The fourth-order valence-corrected chi connectivity index (χ4v) is 3.36. The van der Waals surface area contributed by atoms with Crippen LogP contribution in [0.15, 0.2) is 23.4 Å². The second-order valence-corrected chi connectivity index (χ2v) is 6.89. The molecule has 2 N–H and O–H groups in total. The number of rotatable bonds is 7. The third kappa shape index (κ3) is 3.61. The molecule has 1 fully saturated rings. The molecule has 9 heteroatoms. The summed E-state index contributed by atoms with van der Waals surface area (Å²) >= 11 is 1.46. The van der Waals surface area contributed by atoms with E-state index < -0.39 is 4.92 Å². The topological polar surface area (TPSA) is 109 Å². The number of ether oxygens (including phenoxy) is 1. The molecule has 1 aliphatic carbocycles. The number of nitrogen functional groups attached to an aromatic ring is 1. The number of benzene rings is 1. The van der Waals surface area contributed by atoms with E-state index in [1.807, 2.05) is 18.4 Å². The number of non-ortho nitro benzene ring substituents is 1. The maximum absolute atomic E-state index is 11.0. The van der Waals surface area contributed by atoms with Crippen molar-refractivity contribution in [1.82, 2.24) is 14.8 Å². The highest BCUT2D eigenvalue weighted by Gasteiger charge is 2.29. The maximum Gasteiger partial charge on any atom is 0.270 e. The molecule has 1 aliphatic rings. The van der Waals surface area contributed by atoms with Crippen LogP contribution in [-0.2, 0) is 5.75 Å². The van der Waals surface area contributed by atoms with Gasteiger partial charge in [0.05, 0.1) is 11.0 Å². The molecule has 8 nitrogen and oxygen atoms in total. The van der Waals surface area contributed by atoms with E-state index in [9.17, 15) is 10.1 Å². The van der Waals surface area contributed by atoms with E-state index in [0.717, 1.165) is 23.6 Å². The number of hydrogen-bond acceptors (Lipinski definition) is 7. The molecular weight excluding hydrogens is 330 g/mol. The lowest BCUT2D eigenvalue weighted by Crippen LogP contribution is -2.08. The molecular formula is C15H19N5O3S. The predicted octanol–water partition coefficient (Wildman–Crippen LogP) is 3.18. The molecule has 1 heterocycles. The lowest BCUT2D eigenvalue weighted by Gasteiger charge is -2.14. The molecule has 0 spiro atoms. The van der Waals surface area contributed by atoms with Gasteiger partial charge in [-0.25, -0.2) is 0 Å². The van der Waals surface area contributed by atoms with E-state index in [0.29, 0.717) is 23.5 Å². The van der Waals surface area contributed by atoms with Crippen LogP contribution in [0.3, 0.4) is 0 Å². The van der Waals surface area contributed by atoms with Gasteiger partial charge in [-0.15, -0.1) is 10.2 Å². The molecule has 0 bridgehead atoms. The number of anilines is 1. The van der Waals surface area contributed by atoms with Crippen LogP contribution in [-0.4, -0.2) is 25.8 Å². The van der Waals surface area contributed by atoms with Gasteiger partial charge in [-0.3, -0.25) is 14.7 Å². The number of nitrogens with zero attached hydrogens (tertiary/aromatic N) is 4. The van der Waals surface area contributed by atoms with Crippen molar-refractivity contribution < 1.29 is 9.66 Å². The first-order valence-electron chi connectivity index (χ1n) is 7.73. The Morgan fingerprint density at radius 1 is 1.46 bits per heavy atom. The van der Waals surface area contributed by atoms with E-state index >= 15 is 0 Å². The molecule has 0 aliphatic heterocycles. The van der Waals surface area contributed by atoms with Gasteiger partial charge >= 0.3 is 0 Å². The number of nitro benzene ring substituents is 1. The Hall–Kier alpha value is -2.29. The minimum Gasteiger partial charge on any atom is -0.491 e. The molecule has 0 atom stereocenters. The molecule has 3 rings (SSSR count). The van der Waals surface area contributed by atoms with Gasteiger partial charge in [-0.2, -0.15) is 0 Å². The minimum atomic E-state index is -0.405. The van der Waals surface area contributed by atoms with Crippen LogP contribution < -0.4 is 10.5 Å². The summed E-state index contributed by atoms with van der Waals surface area (Å²) in [5.41, 5.74) is 6.68.